The van der Waals surface area contributed by atoms with Gasteiger partial charge in [-0.15, -0.1) is 0 Å². The third-order valence-electron chi connectivity index (χ3n) is 8.17. The fourth-order valence-electron chi connectivity index (χ4n) is 6.71. The van der Waals surface area contributed by atoms with Crippen LogP contribution in [0.5, 0.6) is 5.75 Å². The van der Waals surface area contributed by atoms with Crippen molar-refractivity contribution in [3.05, 3.63) is 28.8 Å². The molecule has 1 aromatic carbocycles. The highest BCUT2D eigenvalue weighted by Crippen LogP contribution is 2.64. The van der Waals surface area contributed by atoms with Crippen molar-refractivity contribution in [1.29, 1.82) is 0 Å². The molecule has 2 fully saturated rings. The number of rotatable bonds is 5. The maximum absolute atomic E-state index is 12.6. The Morgan fingerprint density at radius 2 is 2.03 bits per heavy atom. The average molecular weight is 507 g/mol. The first kappa shape index (κ1) is 25.7. The van der Waals surface area contributed by atoms with Crippen LogP contribution in [0.1, 0.15) is 61.0 Å². The van der Waals surface area contributed by atoms with E-state index in [0.29, 0.717) is 37.0 Å². The standard InChI is InChI=1S/C22H28N4O6S.C2H6/c1-26-7-6-21-16-10-2-3-11(19(28)25-33)17(16)32-18(21)13(4-5-22(21,31)14(26)8-10)24-15(27)9-12(23)20(29)30;1-2/h2-3,12-14,18,31,33H,4-9,23H2,1H3,(H,24,27)(H,25,28)(H,29,30);1-2H3/t12?,13?,14?,18?,21-,22?;/m0./s1. The highest BCUT2D eigenvalue weighted by atomic mass is 32.1. The molecule has 6 atom stereocenters. The quantitative estimate of drug-likeness (QED) is 0.313. The van der Waals surface area contributed by atoms with E-state index in [2.05, 4.69) is 27.8 Å². The van der Waals surface area contributed by atoms with E-state index in [0.717, 1.165) is 17.7 Å². The molecule has 2 aliphatic heterocycles. The van der Waals surface area contributed by atoms with Crippen molar-refractivity contribution >= 4 is 30.6 Å². The maximum Gasteiger partial charge on any atom is 0.321 e. The third kappa shape index (κ3) is 3.62. The van der Waals surface area contributed by atoms with Crippen LogP contribution in [0.3, 0.4) is 0 Å². The summed E-state index contributed by atoms with van der Waals surface area (Å²) in [7, 11) is 2.01. The predicted molar refractivity (Wildman–Crippen MR) is 131 cm³/mol. The van der Waals surface area contributed by atoms with Crippen molar-refractivity contribution in [2.75, 3.05) is 13.6 Å². The number of carboxylic acids is 1. The van der Waals surface area contributed by atoms with Crippen molar-refractivity contribution in [2.45, 2.75) is 81.2 Å². The van der Waals surface area contributed by atoms with E-state index in [1.807, 2.05) is 27.0 Å². The van der Waals surface area contributed by atoms with E-state index in [9.17, 15) is 19.5 Å². The lowest BCUT2D eigenvalue weighted by molar-refractivity contribution is -0.187. The van der Waals surface area contributed by atoms with Gasteiger partial charge in [-0.3, -0.25) is 19.1 Å². The number of likely N-dealkylation sites (tertiary alicyclic amines) is 1. The van der Waals surface area contributed by atoms with Gasteiger partial charge < -0.3 is 30.9 Å². The summed E-state index contributed by atoms with van der Waals surface area (Å²) in [5.41, 5.74) is 5.90. The number of aliphatic carboxylic acids is 1. The summed E-state index contributed by atoms with van der Waals surface area (Å²) in [5, 5.41) is 24.2. The number of carbonyl (C=O) groups excluding carboxylic acids is 2. The van der Waals surface area contributed by atoms with Crippen LogP contribution < -0.4 is 20.5 Å². The molecular weight excluding hydrogens is 472 g/mol. The molecule has 192 valence electrons. The summed E-state index contributed by atoms with van der Waals surface area (Å²) in [6.45, 7) is 4.74. The molecule has 6 N–H and O–H groups in total. The number of ether oxygens (including phenoxy) is 1. The third-order valence-corrected chi connectivity index (χ3v) is 8.37. The number of aliphatic hydroxyl groups is 1. The van der Waals surface area contributed by atoms with Gasteiger partial charge in [0.05, 0.1) is 29.0 Å². The van der Waals surface area contributed by atoms with Gasteiger partial charge >= 0.3 is 5.97 Å². The van der Waals surface area contributed by atoms with Gasteiger partial charge in [0.1, 0.15) is 17.9 Å². The van der Waals surface area contributed by atoms with Gasteiger partial charge in [-0.1, -0.05) is 32.7 Å². The summed E-state index contributed by atoms with van der Waals surface area (Å²) in [6, 6.07) is 1.76. The molecule has 5 rings (SSSR count). The molecular formula is C24H34N4O6S. The molecule has 1 saturated carbocycles. The van der Waals surface area contributed by atoms with Gasteiger partial charge in [-0.25, -0.2) is 0 Å². The fourth-order valence-corrected chi connectivity index (χ4v) is 6.83. The van der Waals surface area contributed by atoms with Crippen molar-refractivity contribution in [3.63, 3.8) is 0 Å². The molecule has 2 aliphatic carbocycles. The maximum atomic E-state index is 12.6. The molecule has 0 radical (unpaired) electrons. The minimum atomic E-state index is -1.30. The van der Waals surface area contributed by atoms with E-state index in [-0.39, 0.29) is 12.5 Å². The van der Waals surface area contributed by atoms with Crippen molar-refractivity contribution < 1.29 is 29.3 Å². The van der Waals surface area contributed by atoms with Crippen molar-refractivity contribution in [2.24, 2.45) is 5.73 Å². The summed E-state index contributed by atoms with van der Waals surface area (Å²) < 4.78 is 8.82. The van der Waals surface area contributed by atoms with Gasteiger partial charge in [0.25, 0.3) is 5.91 Å². The SMILES string of the molecule is CC.CN1CC[C@]23c4c5ccc(C(=O)NS)c4OC2C(NC(=O)CC(N)C(=O)O)CCC3(O)C1C5. The Balaban J connectivity index is 0.00000141. The molecule has 2 heterocycles. The summed E-state index contributed by atoms with van der Waals surface area (Å²) in [4.78, 5) is 38.4. The number of benzene rings is 1. The molecule has 1 saturated heterocycles. The van der Waals surface area contributed by atoms with E-state index in [1.54, 1.807) is 6.07 Å². The highest BCUT2D eigenvalue weighted by molar-refractivity contribution is 7.78. The monoisotopic (exact) mass is 506 g/mol. The van der Waals surface area contributed by atoms with Crippen molar-refractivity contribution in [1.82, 2.24) is 14.9 Å². The first-order valence-corrected chi connectivity index (χ1v) is 12.6. The lowest BCUT2D eigenvalue weighted by Crippen LogP contribution is -2.77. The minimum absolute atomic E-state index is 0.113. The summed E-state index contributed by atoms with van der Waals surface area (Å²) in [6.07, 6.45) is 1.19. The van der Waals surface area contributed by atoms with E-state index in [1.165, 1.54) is 0 Å². The van der Waals surface area contributed by atoms with Gasteiger partial charge in [0.2, 0.25) is 5.91 Å². The molecule has 4 aliphatic rings. The number of carboxylic acid groups (broad SMARTS) is 1. The number of amides is 2. The van der Waals surface area contributed by atoms with Crippen LogP contribution in [0.4, 0.5) is 0 Å². The highest BCUT2D eigenvalue weighted by Gasteiger charge is 2.72. The molecule has 10 nitrogen and oxygen atoms in total. The van der Waals surface area contributed by atoms with E-state index >= 15 is 0 Å². The number of hydrogen-bond acceptors (Lipinski definition) is 8. The summed E-state index contributed by atoms with van der Waals surface area (Å²) in [5.74, 6) is -1.69. The van der Waals surface area contributed by atoms with Gasteiger partial charge in [-0.2, -0.15) is 0 Å². The Hall–Kier alpha value is -2.34. The van der Waals surface area contributed by atoms with Gasteiger partial charge in [-0.05, 0) is 50.9 Å². The molecule has 1 aromatic rings. The number of nitrogens with zero attached hydrogens (tertiary/aromatic N) is 1. The molecule has 35 heavy (non-hydrogen) atoms. The lowest BCUT2D eigenvalue weighted by atomic mass is 9.48. The second-order valence-corrected chi connectivity index (χ2v) is 9.89. The number of piperidine rings is 1. The van der Waals surface area contributed by atoms with Crippen LogP contribution in [0.2, 0.25) is 0 Å². The molecule has 5 unspecified atom stereocenters. The second kappa shape index (κ2) is 9.27. The molecule has 1 spiro atoms. The summed E-state index contributed by atoms with van der Waals surface area (Å²) >= 11 is 3.91. The van der Waals surface area contributed by atoms with Crippen LogP contribution in [0, 0.1) is 0 Å². The van der Waals surface area contributed by atoms with E-state index < -0.39 is 47.0 Å². The Morgan fingerprint density at radius 3 is 2.69 bits per heavy atom. The first-order chi connectivity index (χ1) is 16.6. The smallest absolute Gasteiger partial charge is 0.321 e. The zero-order valence-electron chi connectivity index (χ0n) is 20.2. The second-order valence-electron chi connectivity index (χ2n) is 9.66. The predicted octanol–water partition coefficient (Wildman–Crippen LogP) is 0.358. The number of likely N-dealkylation sites (N-methyl/N-ethyl adjacent to an activating group) is 1. The zero-order valence-corrected chi connectivity index (χ0v) is 21.1. The van der Waals surface area contributed by atoms with E-state index in [4.69, 9.17) is 15.6 Å². The first-order valence-electron chi connectivity index (χ1n) is 12.1. The topological polar surface area (TPSA) is 154 Å². The fraction of sp³-hybridized carbons (Fsp3) is 0.625. The number of thiol groups is 1. The van der Waals surface area contributed by atoms with Crippen LogP contribution in [-0.2, 0) is 21.4 Å². The number of carbonyl (C=O) groups is 3. The minimum Gasteiger partial charge on any atom is -0.486 e. The molecule has 2 amide bonds. The lowest BCUT2D eigenvalue weighted by Gasteiger charge is -2.63. The Labute approximate surface area is 210 Å². The Kier molecular flexibility index (Phi) is 6.82. The van der Waals surface area contributed by atoms with Crippen LogP contribution in [-0.4, -0.2) is 76.3 Å². The van der Waals surface area contributed by atoms with Gasteiger partial charge in [0, 0.05) is 11.6 Å². The van der Waals surface area contributed by atoms with Crippen molar-refractivity contribution in [3.8, 4) is 5.75 Å². The van der Waals surface area contributed by atoms with Crippen LogP contribution in [0.25, 0.3) is 0 Å². The average Bonchev–Trinajstić information content (AvgIpc) is 3.19. The Bertz CT molecular complexity index is 1050. The number of nitrogens with one attached hydrogen (secondary N) is 2. The molecule has 2 bridgehead atoms. The largest absolute Gasteiger partial charge is 0.486 e. The molecule has 11 heteroatoms. The number of hydrogen-bond donors (Lipinski definition) is 6. The molecule has 0 aromatic heterocycles. The number of nitrogens with two attached hydrogens (primary N) is 1. The zero-order chi connectivity index (χ0) is 25.7. The Morgan fingerprint density at radius 1 is 1.31 bits per heavy atom. The van der Waals surface area contributed by atoms with Crippen LogP contribution in [0.15, 0.2) is 12.1 Å². The van der Waals surface area contributed by atoms with Gasteiger partial charge in [0.15, 0.2) is 0 Å². The van der Waals surface area contributed by atoms with Crippen LogP contribution >= 0.6 is 12.8 Å². The normalized spacial score (nSPS) is 32.8.